The summed E-state index contributed by atoms with van der Waals surface area (Å²) < 4.78 is 31.6. The van der Waals surface area contributed by atoms with E-state index in [4.69, 9.17) is 4.74 Å². The van der Waals surface area contributed by atoms with E-state index in [0.717, 1.165) is 33.7 Å². The molecule has 2 rings (SSSR count). The van der Waals surface area contributed by atoms with Gasteiger partial charge in [-0.2, -0.15) is 0 Å². The average molecular weight is 504 g/mol. The van der Waals surface area contributed by atoms with Gasteiger partial charge in [0.25, 0.3) is 0 Å². The molecule has 35 heavy (non-hydrogen) atoms. The molecule has 0 saturated carbocycles. The number of anilines is 1. The lowest BCUT2D eigenvalue weighted by atomic mass is 10.1. The van der Waals surface area contributed by atoms with Crippen LogP contribution in [0.15, 0.2) is 42.5 Å². The summed E-state index contributed by atoms with van der Waals surface area (Å²) in [5, 5.41) is 2.91. The molecule has 0 unspecified atom stereocenters. The van der Waals surface area contributed by atoms with E-state index in [1.807, 2.05) is 45.9 Å². The maximum atomic E-state index is 13.6. The molecule has 0 radical (unpaired) electrons. The van der Waals surface area contributed by atoms with Crippen LogP contribution in [0.25, 0.3) is 0 Å². The highest BCUT2D eigenvalue weighted by Gasteiger charge is 2.30. The lowest BCUT2D eigenvalue weighted by Gasteiger charge is -2.32. The topological polar surface area (TPSA) is 96.0 Å². The zero-order valence-electron chi connectivity index (χ0n) is 21.7. The van der Waals surface area contributed by atoms with Gasteiger partial charge in [0, 0.05) is 12.6 Å². The number of ether oxygens (including phenoxy) is 1. The number of benzene rings is 2. The van der Waals surface area contributed by atoms with E-state index in [9.17, 15) is 18.0 Å². The van der Waals surface area contributed by atoms with E-state index in [-0.39, 0.29) is 18.5 Å². The summed E-state index contributed by atoms with van der Waals surface area (Å²) in [5.41, 5.74) is 3.13. The molecular formula is C26H37N3O5S. The smallest absolute Gasteiger partial charge is 0.244 e. The third-order valence-electron chi connectivity index (χ3n) is 6.14. The molecule has 2 amide bonds. The van der Waals surface area contributed by atoms with Crippen LogP contribution >= 0.6 is 0 Å². The molecule has 0 bridgehead atoms. The number of hydrogen-bond donors (Lipinski definition) is 1. The molecule has 0 aliphatic heterocycles. The fourth-order valence-corrected chi connectivity index (χ4v) is 4.31. The summed E-state index contributed by atoms with van der Waals surface area (Å²) in [6, 6.07) is 11.6. The monoisotopic (exact) mass is 503 g/mol. The molecule has 0 saturated heterocycles. The third kappa shape index (κ3) is 7.71. The Kier molecular flexibility index (Phi) is 9.71. The summed E-state index contributed by atoms with van der Waals surface area (Å²) in [4.78, 5) is 27.9. The number of nitrogens with zero attached hydrogens (tertiary/aromatic N) is 2. The van der Waals surface area contributed by atoms with Gasteiger partial charge in [0.15, 0.2) is 0 Å². The highest BCUT2D eigenvalue weighted by Crippen LogP contribution is 2.22. The Labute approximate surface area is 209 Å². The maximum absolute atomic E-state index is 13.6. The SMILES string of the molecule is CC[C@H](C)NC(=O)[C@@H](C)N(Cc1ccc(OC)cc1)C(=O)CN(c1ccc(C)c(C)c1)S(C)(=O)=O. The molecule has 0 aliphatic rings. The van der Waals surface area contributed by atoms with Crippen LogP contribution in [-0.4, -0.2) is 57.1 Å². The summed E-state index contributed by atoms with van der Waals surface area (Å²) >= 11 is 0. The molecule has 0 fully saturated rings. The second-order valence-corrected chi connectivity index (χ2v) is 10.8. The van der Waals surface area contributed by atoms with Crippen molar-refractivity contribution in [3.8, 4) is 5.75 Å². The van der Waals surface area contributed by atoms with E-state index in [2.05, 4.69) is 5.32 Å². The molecule has 1 N–H and O–H groups in total. The van der Waals surface area contributed by atoms with Crippen molar-refractivity contribution in [2.75, 3.05) is 24.2 Å². The number of hydrogen-bond acceptors (Lipinski definition) is 5. The number of aryl methyl sites for hydroxylation is 2. The maximum Gasteiger partial charge on any atom is 0.244 e. The zero-order chi connectivity index (χ0) is 26.3. The largest absolute Gasteiger partial charge is 0.497 e. The van der Waals surface area contributed by atoms with E-state index in [0.29, 0.717) is 11.4 Å². The zero-order valence-corrected chi connectivity index (χ0v) is 22.5. The molecule has 0 heterocycles. The second kappa shape index (κ2) is 12.1. The number of amides is 2. The Balaban J connectivity index is 2.40. The van der Waals surface area contributed by atoms with Crippen molar-refractivity contribution in [1.82, 2.24) is 10.2 Å². The molecule has 8 nitrogen and oxygen atoms in total. The van der Waals surface area contributed by atoms with Crippen LogP contribution < -0.4 is 14.4 Å². The standard InChI is InChI=1S/C26H37N3O5S/c1-8-20(4)27-26(31)21(5)28(16-22-10-13-24(34-6)14-11-22)25(30)17-29(35(7,32)33)23-12-9-18(2)19(3)15-23/h9-15,20-21H,8,16-17H2,1-7H3,(H,27,31)/t20-,21+/m0/s1. The number of rotatable bonds is 11. The molecule has 2 atom stereocenters. The second-order valence-electron chi connectivity index (χ2n) is 8.90. The molecular weight excluding hydrogens is 466 g/mol. The van der Waals surface area contributed by atoms with Gasteiger partial charge in [-0.05, 0) is 75.1 Å². The predicted octanol–water partition coefficient (Wildman–Crippen LogP) is 3.41. The summed E-state index contributed by atoms with van der Waals surface area (Å²) in [6.45, 7) is 9.05. The van der Waals surface area contributed by atoms with Crippen LogP contribution in [0.3, 0.4) is 0 Å². The van der Waals surface area contributed by atoms with Crippen molar-refractivity contribution in [1.29, 1.82) is 0 Å². The van der Waals surface area contributed by atoms with Crippen molar-refractivity contribution < 1.29 is 22.7 Å². The fraction of sp³-hybridized carbons (Fsp3) is 0.462. The number of carbonyl (C=O) groups excluding carboxylic acids is 2. The highest BCUT2D eigenvalue weighted by atomic mass is 32.2. The van der Waals surface area contributed by atoms with Crippen molar-refractivity contribution >= 4 is 27.5 Å². The van der Waals surface area contributed by atoms with E-state index in [1.165, 1.54) is 4.90 Å². The first-order valence-electron chi connectivity index (χ1n) is 11.6. The first-order chi connectivity index (χ1) is 16.4. The Morgan fingerprint density at radius 1 is 1.03 bits per heavy atom. The Bertz CT molecular complexity index is 1130. The molecule has 0 aliphatic carbocycles. The highest BCUT2D eigenvalue weighted by molar-refractivity contribution is 7.92. The summed E-state index contributed by atoms with van der Waals surface area (Å²) in [5.74, 6) is -0.0956. The van der Waals surface area contributed by atoms with Gasteiger partial charge in [0.05, 0.1) is 19.1 Å². The van der Waals surface area contributed by atoms with Gasteiger partial charge >= 0.3 is 0 Å². The van der Waals surface area contributed by atoms with Gasteiger partial charge in [-0.3, -0.25) is 13.9 Å². The normalized spacial score (nSPS) is 13.0. The predicted molar refractivity (Wildman–Crippen MR) is 139 cm³/mol. The van der Waals surface area contributed by atoms with E-state index >= 15 is 0 Å². The molecule has 2 aromatic carbocycles. The van der Waals surface area contributed by atoms with Gasteiger partial charge in [-0.15, -0.1) is 0 Å². The van der Waals surface area contributed by atoms with Gasteiger partial charge in [0.2, 0.25) is 21.8 Å². The molecule has 0 spiro atoms. The van der Waals surface area contributed by atoms with Crippen LogP contribution in [0.1, 0.15) is 43.9 Å². The molecule has 9 heteroatoms. The molecule has 0 aromatic heterocycles. The minimum absolute atomic E-state index is 0.0501. The van der Waals surface area contributed by atoms with Crippen LogP contribution in [0.4, 0.5) is 5.69 Å². The Hall–Kier alpha value is -3.07. The third-order valence-corrected chi connectivity index (χ3v) is 7.28. The van der Waals surface area contributed by atoms with Gasteiger partial charge in [-0.1, -0.05) is 25.1 Å². The number of nitrogens with one attached hydrogen (secondary N) is 1. The van der Waals surface area contributed by atoms with Crippen LogP contribution in [0, 0.1) is 13.8 Å². The number of methoxy groups -OCH3 is 1. The van der Waals surface area contributed by atoms with Crippen molar-refractivity contribution in [3.63, 3.8) is 0 Å². The van der Waals surface area contributed by atoms with Crippen LogP contribution in [-0.2, 0) is 26.2 Å². The molecule has 192 valence electrons. The van der Waals surface area contributed by atoms with Gasteiger partial charge in [-0.25, -0.2) is 8.42 Å². The van der Waals surface area contributed by atoms with Crippen LogP contribution in [0.2, 0.25) is 0 Å². The fourth-order valence-electron chi connectivity index (χ4n) is 3.47. The van der Waals surface area contributed by atoms with Crippen molar-refractivity contribution in [2.24, 2.45) is 0 Å². The lowest BCUT2D eigenvalue weighted by Crippen LogP contribution is -2.52. The quantitative estimate of drug-likeness (QED) is 0.507. The van der Waals surface area contributed by atoms with Crippen molar-refractivity contribution in [3.05, 3.63) is 59.2 Å². The number of sulfonamides is 1. The summed E-state index contributed by atoms with van der Waals surface area (Å²) in [7, 11) is -2.19. The first-order valence-corrected chi connectivity index (χ1v) is 13.5. The van der Waals surface area contributed by atoms with Gasteiger partial charge < -0.3 is 15.0 Å². The lowest BCUT2D eigenvalue weighted by molar-refractivity contribution is -0.139. The first kappa shape index (κ1) is 28.2. The minimum Gasteiger partial charge on any atom is -0.497 e. The van der Waals surface area contributed by atoms with Gasteiger partial charge in [0.1, 0.15) is 18.3 Å². The Morgan fingerprint density at radius 3 is 2.17 bits per heavy atom. The van der Waals surface area contributed by atoms with E-state index in [1.54, 1.807) is 38.3 Å². The van der Waals surface area contributed by atoms with E-state index < -0.39 is 28.5 Å². The summed E-state index contributed by atoms with van der Waals surface area (Å²) in [6.07, 6.45) is 1.82. The minimum atomic E-state index is -3.76. The molecule has 2 aromatic rings. The van der Waals surface area contributed by atoms with Crippen LogP contribution in [0.5, 0.6) is 5.75 Å². The number of carbonyl (C=O) groups is 2. The Morgan fingerprint density at radius 2 is 1.66 bits per heavy atom. The average Bonchev–Trinajstić information content (AvgIpc) is 2.81. The van der Waals surface area contributed by atoms with Crippen molar-refractivity contribution in [2.45, 2.75) is 59.7 Å².